The van der Waals surface area contributed by atoms with Crippen LogP contribution in [0.5, 0.6) is 0 Å². The highest BCUT2D eigenvalue weighted by atomic mass is 28.3. The Bertz CT molecular complexity index is 90.1. The van der Waals surface area contributed by atoms with Crippen LogP contribution in [0.4, 0.5) is 0 Å². The van der Waals surface area contributed by atoms with Gasteiger partial charge >= 0.3 is 9.28 Å². The predicted molar refractivity (Wildman–Crippen MR) is 51.4 cm³/mol. The van der Waals surface area contributed by atoms with Crippen LogP contribution < -0.4 is 15.4 Å². The first-order valence-corrected chi connectivity index (χ1v) is 6.20. The minimum Gasteiger partial charge on any atom is -0.307 e. The van der Waals surface area contributed by atoms with Gasteiger partial charge in [0.05, 0.1) is 19.8 Å². The molecular formula is C6H19N3O3Si. The summed E-state index contributed by atoms with van der Waals surface area (Å²) < 4.78 is 0. The molecule has 0 aromatic rings. The minimum atomic E-state index is -1.70. The van der Waals surface area contributed by atoms with Gasteiger partial charge in [-0.05, 0) is 20.8 Å². The van der Waals surface area contributed by atoms with Gasteiger partial charge in [0, 0.05) is 0 Å². The Kier molecular flexibility index (Phi) is 10.0. The maximum Gasteiger partial charge on any atom is 0.335 e. The van der Waals surface area contributed by atoms with E-state index in [0.717, 1.165) is 0 Å². The van der Waals surface area contributed by atoms with Crippen LogP contribution in [-0.4, -0.2) is 29.1 Å². The molecule has 6 nitrogen and oxygen atoms in total. The Balaban J connectivity index is 3.47. The van der Waals surface area contributed by atoms with E-state index in [2.05, 4.69) is 15.4 Å². The van der Waals surface area contributed by atoms with Crippen molar-refractivity contribution in [3.63, 3.8) is 0 Å². The van der Waals surface area contributed by atoms with Crippen LogP contribution in [0.2, 0.25) is 0 Å². The zero-order valence-electron chi connectivity index (χ0n) is 8.42. The number of hydrogen-bond donors (Lipinski definition) is 3. The smallest absolute Gasteiger partial charge is 0.307 e. The summed E-state index contributed by atoms with van der Waals surface area (Å²) >= 11 is 0. The average Bonchev–Trinajstić information content (AvgIpc) is 2.17. The summed E-state index contributed by atoms with van der Waals surface area (Å²) in [5.41, 5.74) is 0. The van der Waals surface area contributed by atoms with E-state index in [9.17, 15) is 0 Å². The topological polar surface area (TPSA) is 63.8 Å². The molecule has 0 atom stereocenters. The molecule has 0 aliphatic heterocycles. The second-order valence-electron chi connectivity index (χ2n) is 2.09. The van der Waals surface area contributed by atoms with E-state index in [1.54, 1.807) is 0 Å². The fraction of sp³-hybridized carbons (Fsp3) is 1.00. The van der Waals surface area contributed by atoms with Gasteiger partial charge in [0.25, 0.3) is 0 Å². The van der Waals surface area contributed by atoms with Gasteiger partial charge in [-0.2, -0.15) is 15.4 Å². The van der Waals surface area contributed by atoms with E-state index < -0.39 is 9.28 Å². The van der Waals surface area contributed by atoms with Gasteiger partial charge < -0.3 is 14.5 Å². The summed E-state index contributed by atoms with van der Waals surface area (Å²) in [4.78, 5) is 15.0. The molecule has 80 valence electrons. The molecule has 3 N–H and O–H groups in total. The Labute approximate surface area is 80.6 Å². The zero-order chi connectivity index (χ0) is 9.94. The summed E-state index contributed by atoms with van der Waals surface area (Å²) in [7, 11) is -1.70. The second kappa shape index (κ2) is 10.1. The summed E-state index contributed by atoms with van der Waals surface area (Å²) in [5.74, 6) is 0. The molecule has 0 saturated carbocycles. The third-order valence-corrected chi connectivity index (χ3v) is 2.24. The molecule has 0 radical (unpaired) electrons. The van der Waals surface area contributed by atoms with Crippen molar-refractivity contribution in [1.82, 2.24) is 15.4 Å². The standard InChI is InChI=1S/C6H19N3O3Si/c1-4-10-7-13(8-11-5-2)9-12-6-3/h7-9,13H,4-6H2,1-3H3. The fourth-order valence-corrected chi connectivity index (χ4v) is 1.72. The number of nitrogens with one attached hydrogen (secondary N) is 3. The number of rotatable bonds is 9. The summed E-state index contributed by atoms with van der Waals surface area (Å²) in [6, 6.07) is 0. The Morgan fingerprint density at radius 1 is 0.769 bits per heavy atom. The van der Waals surface area contributed by atoms with Gasteiger partial charge in [-0.15, -0.1) is 0 Å². The van der Waals surface area contributed by atoms with Gasteiger partial charge in [0.1, 0.15) is 0 Å². The van der Waals surface area contributed by atoms with Crippen LogP contribution in [-0.2, 0) is 14.5 Å². The second-order valence-corrected chi connectivity index (χ2v) is 3.66. The van der Waals surface area contributed by atoms with Crippen molar-refractivity contribution < 1.29 is 14.5 Å². The van der Waals surface area contributed by atoms with Gasteiger partial charge in [0.15, 0.2) is 0 Å². The molecule has 7 heteroatoms. The zero-order valence-corrected chi connectivity index (χ0v) is 9.58. The normalized spacial score (nSPS) is 11.1. The molecule has 0 aromatic heterocycles. The van der Waals surface area contributed by atoms with E-state index in [1.165, 1.54) is 0 Å². The fourth-order valence-electron chi connectivity index (χ4n) is 0.572. The first-order valence-electron chi connectivity index (χ1n) is 4.47. The van der Waals surface area contributed by atoms with Crippen molar-refractivity contribution >= 4 is 9.28 Å². The van der Waals surface area contributed by atoms with Crippen LogP contribution in [0.25, 0.3) is 0 Å². The predicted octanol–water partition coefficient (Wildman–Crippen LogP) is -0.673. The van der Waals surface area contributed by atoms with Gasteiger partial charge in [0.2, 0.25) is 0 Å². The molecule has 0 aliphatic rings. The van der Waals surface area contributed by atoms with Gasteiger partial charge in [-0.25, -0.2) is 0 Å². The third kappa shape index (κ3) is 8.31. The van der Waals surface area contributed by atoms with E-state index in [0.29, 0.717) is 19.8 Å². The highest BCUT2D eigenvalue weighted by Gasteiger charge is 2.09. The van der Waals surface area contributed by atoms with Gasteiger partial charge in [-0.3, -0.25) is 0 Å². The first kappa shape index (κ1) is 13.0. The van der Waals surface area contributed by atoms with Crippen LogP contribution in [0.15, 0.2) is 0 Å². The van der Waals surface area contributed by atoms with Crippen molar-refractivity contribution in [3.05, 3.63) is 0 Å². The summed E-state index contributed by atoms with van der Waals surface area (Å²) in [6.45, 7) is 7.51. The lowest BCUT2D eigenvalue weighted by Gasteiger charge is -2.17. The van der Waals surface area contributed by atoms with Crippen LogP contribution in [0.1, 0.15) is 20.8 Å². The van der Waals surface area contributed by atoms with Crippen LogP contribution in [0, 0.1) is 0 Å². The SMILES string of the molecule is CCON[SiH](NOCC)NOCC. The molecule has 0 saturated heterocycles. The highest BCUT2D eigenvalue weighted by molar-refractivity contribution is 6.48. The minimum absolute atomic E-state index is 0.602. The Morgan fingerprint density at radius 2 is 1.08 bits per heavy atom. The number of hydrogen-bond acceptors (Lipinski definition) is 6. The molecule has 0 unspecified atom stereocenters. The van der Waals surface area contributed by atoms with E-state index in [1.807, 2.05) is 20.8 Å². The molecule has 0 heterocycles. The van der Waals surface area contributed by atoms with Crippen molar-refractivity contribution in [2.24, 2.45) is 0 Å². The summed E-state index contributed by atoms with van der Waals surface area (Å²) in [6.07, 6.45) is 0. The molecule has 0 fully saturated rings. The van der Waals surface area contributed by atoms with E-state index in [4.69, 9.17) is 14.5 Å². The molecule has 0 spiro atoms. The van der Waals surface area contributed by atoms with Crippen molar-refractivity contribution in [1.29, 1.82) is 0 Å². The highest BCUT2D eigenvalue weighted by Crippen LogP contribution is 1.72. The first-order chi connectivity index (χ1) is 6.35. The van der Waals surface area contributed by atoms with Crippen LogP contribution >= 0.6 is 0 Å². The lowest BCUT2D eigenvalue weighted by molar-refractivity contribution is 0.0344. The lowest BCUT2D eigenvalue weighted by Crippen LogP contribution is -2.57. The Hall–Kier alpha value is -0.0231. The van der Waals surface area contributed by atoms with Crippen molar-refractivity contribution in [2.75, 3.05) is 19.8 Å². The molecule has 0 aromatic carbocycles. The monoisotopic (exact) mass is 209 g/mol. The van der Waals surface area contributed by atoms with E-state index >= 15 is 0 Å². The van der Waals surface area contributed by atoms with Gasteiger partial charge in [-0.1, -0.05) is 0 Å². The quantitative estimate of drug-likeness (QED) is 0.346. The summed E-state index contributed by atoms with van der Waals surface area (Å²) in [5, 5.41) is 8.42. The van der Waals surface area contributed by atoms with E-state index in [-0.39, 0.29) is 0 Å². The molecule has 0 aliphatic carbocycles. The van der Waals surface area contributed by atoms with Crippen molar-refractivity contribution in [3.8, 4) is 0 Å². The molecule has 0 bridgehead atoms. The lowest BCUT2D eigenvalue weighted by atomic mass is 10.9. The molecular weight excluding hydrogens is 190 g/mol. The third-order valence-electron chi connectivity index (χ3n) is 1.04. The maximum atomic E-state index is 5.02. The average molecular weight is 209 g/mol. The largest absolute Gasteiger partial charge is 0.335 e. The molecule has 13 heavy (non-hydrogen) atoms. The molecule has 0 amide bonds. The molecule has 0 rings (SSSR count). The van der Waals surface area contributed by atoms with Crippen LogP contribution in [0.3, 0.4) is 0 Å². The Morgan fingerprint density at radius 3 is 1.31 bits per heavy atom. The maximum absolute atomic E-state index is 5.02. The van der Waals surface area contributed by atoms with Crippen molar-refractivity contribution in [2.45, 2.75) is 20.8 Å².